The summed E-state index contributed by atoms with van der Waals surface area (Å²) in [6.07, 6.45) is -4.40. The summed E-state index contributed by atoms with van der Waals surface area (Å²) in [7, 11) is 0. The van der Waals surface area contributed by atoms with Crippen LogP contribution in [0.15, 0.2) is 23.2 Å². The Morgan fingerprint density at radius 3 is 2.60 bits per heavy atom. The van der Waals surface area contributed by atoms with Gasteiger partial charge in [0.25, 0.3) is 0 Å². The van der Waals surface area contributed by atoms with Crippen LogP contribution in [-0.4, -0.2) is 17.2 Å². The Morgan fingerprint density at radius 1 is 1.40 bits per heavy atom. The highest BCUT2D eigenvalue weighted by molar-refractivity contribution is 5.96. The van der Waals surface area contributed by atoms with Crippen molar-refractivity contribution in [2.75, 3.05) is 6.54 Å². The molecule has 0 amide bonds. The summed E-state index contributed by atoms with van der Waals surface area (Å²) >= 11 is 0. The number of aliphatic imine (C=N–C) groups is 1. The molecule has 5 heteroatoms. The molecular weight excluding hydrogens is 205 g/mol. The van der Waals surface area contributed by atoms with Crippen LogP contribution >= 0.6 is 0 Å². The second-order valence-corrected chi connectivity index (χ2v) is 2.97. The fourth-order valence-corrected chi connectivity index (χ4v) is 1.11. The van der Waals surface area contributed by atoms with E-state index in [-0.39, 0.29) is 5.69 Å². The molecule has 0 saturated carbocycles. The zero-order chi connectivity index (χ0) is 11.5. The van der Waals surface area contributed by atoms with Gasteiger partial charge in [-0.3, -0.25) is 4.99 Å². The number of aromatic nitrogens is 1. The van der Waals surface area contributed by atoms with Gasteiger partial charge in [-0.2, -0.15) is 13.2 Å². The van der Waals surface area contributed by atoms with E-state index in [1.165, 1.54) is 12.1 Å². The van der Waals surface area contributed by atoms with E-state index in [0.717, 1.165) is 6.07 Å². The molecular formula is C10H11F3N2. The lowest BCUT2D eigenvalue weighted by Crippen LogP contribution is -2.11. The monoisotopic (exact) mass is 216 g/mol. The highest BCUT2D eigenvalue weighted by Gasteiger charge is 2.32. The van der Waals surface area contributed by atoms with Crippen molar-refractivity contribution in [2.45, 2.75) is 20.0 Å². The normalized spacial score (nSPS) is 13.0. The molecule has 0 spiro atoms. The van der Waals surface area contributed by atoms with Gasteiger partial charge in [-0.25, -0.2) is 4.98 Å². The predicted octanol–water partition coefficient (Wildman–Crippen LogP) is 2.93. The first-order chi connectivity index (χ1) is 6.95. The van der Waals surface area contributed by atoms with Gasteiger partial charge in [0.1, 0.15) is 5.69 Å². The molecule has 1 aromatic heterocycles. The van der Waals surface area contributed by atoms with E-state index in [2.05, 4.69) is 9.98 Å². The van der Waals surface area contributed by atoms with Gasteiger partial charge < -0.3 is 0 Å². The van der Waals surface area contributed by atoms with Gasteiger partial charge >= 0.3 is 6.18 Å². The molecule has 2 nitrogen and oxygen atoms in total. The Balaban J connectivity index is 3.08. The van der Waals surface area contributed by atoms with Crippen molar-refractivity contribution in [1.82, 2.24) is 4.98 Å². The summed E-state index contributed by atoms with van der Waals surface area (Å²) < 4.78 is 36.9. The third-order valence-electron chi connectivity index (χ3n) is 1.81. The van der Waals surface area contributed by atoms with Crippen LogP contribution in [0, 0.1) is 0 Å². The lowest BCUT2D eigenvalue weighted by molar-refractivity contribution is -0.141. The zero-order valence-electron chi connectivity index (χ0n) is 8.47. The topological polar surface area (TPSA) is 25.2 Å². The Kier molecular flexibility index (Phi) is 3.44. The lowest BCUT2D eigenvalue weighted by atomic mass is 10.2. The van der Waals surface area contributed by atoms with Crippen molar-refractivity contribution in [3.05, 3.63) is 29.6 Å². The maximum absolute atomic E-state index is 12.3. The number of pyridine rings is 1. The number of hydrogen-bond donors (Lipinski definition) is 0. The molecule has 0 aliphatic heterocycles. The van der Waals surface area contributed by atoms with E-state index in [9.17, 15) is 13.2 Å². The first-order valence-electron chi connectivity index (χ1n) is 4.51. The zero-order valence-corrected chi connectivity index (χ0v) is 8.47. The highest BCUT2D eigenvalue weighted by atomic mass is 19.4. The average molecular weight is 216 g/mol. The molecule has 0 atom stereocenters. The number of nitrogens with zero attached hydrogens (tertiary/aromatic N) is 2. The average Bonchev–Trinajstić information content (AvgIpc) is 2.17. The van der Waals surface area contributed by atoms with Gasteiger partial charge in [0, 0.05) is 6.54 Å². The lowest BCUT2D eigenvalue weighted by Gasteiger charge is -2.07. The van der Waals surface area contributed by atoms with Crippen LogP contribution < -0.4 is 0 Å². The fourth-order valence-electron chi connectivity index (χ4n) is 1.11. The van der Waals surface area contributed by atoms with E-state index in [1.807, 2.05) is 6.92 Å². The summed E-state index contributed by atoms with van der Waals surface area (Å²) in [5.74, 6) is 0. The third-order valence-corrected chi connectivity index (χ3v) is 1.81. The van der Waals surface area contributed by atoms with Gasteiger partial charge in [-0.1, -0.05) is 6.07 Å². The Bertz CT molecular complexity index is 369. The SMILES string of the molecule is CCN=C(C)c1cccc(C(F)(F)F)n1. The molecule has 1 aromatic rings. The van der Waals surface area contributed by atoms with Crippen LogP contribution in [0.5, 0.6) is 0 Å². The number of hydrogen-bond acceptors (Lipinski definition) is 2. The van der Waals surface area contributed by atoms with Crippen molar-refractivity contribution >= 4 is 5.71 Å². The van der Waals surface area contributed by atoms with Crippen molar-refractivity contribution in [1.29, 1.82) is 0 Å². The first-order valence-corrected chi connectivity index (χ1v) is 4.51. The highest BCUT2D eigenvalue weighted by Crippen LogP contribution is 2.27. The molecule has 0 unspecified atom stereocenters. The van der Waals surface area contributed by atoms with Crippen LogP contribution in [0.25, 0.3) is 0 Å². The van der Waals surface area contributed by atoms with Crippen molar-refractivity contribution in [3.63, 3.8) is 0 Å². The molecule has 1 heterocycles. The van der Waals surface area contributed by atoms with Crippen molar-refractivity contribution in [3.8, 4) is 0 Å². The molecule has 0 N–H and O–H groups in total. The summed E-state index contributed by atoms with van der Waals surface area (Å²) in [6, 6.07) is 3.80. The van der Waals surface area contributed by atoms with Crippen LogP contribution in [0.3, 0.4) is 0 Å². The molecule has 1 rings (SSSR count). The number of halogens is 3. The standard InChI is InChI=1S/C10H11F3N2/c1-3-14-7(2)8-5-4-6-9(15-8)10(11,12)13/h4-6H,3H2,1-2H3. The van der Waals surface area contributed by atoms with E-state index in [1.54, 1.807) is 6.92 Å². The van der Waals surface area contributed by atoms with Crippen LogP contribution in [0.4, 0.5) is 13.2 Å². The van der Waals surface area contributed by atoms with Gasteiger partial charge in [0.2, 0.25) is 0 Å². The smallest absolute Gasteiger partial charge is 0.288 e. The maximum Gasteiger partial charge on any atom is 0.433 e. The van der Waals surface area contributed by atoms with E-state index in [0.29, 0.717) is 12.3 Å². The quantitative estimate of drug-likeness (QED) is 0.698. The van der Waals surface area contributed by atoms with Crippen LogP contribution in [-0.2, 0) is 6.18 Å². The summed E-state index contributed by atoms with van der Waals surface area (Å²) in [5, 5.41) is 0. The van der Waals surface area contributed by atoms with Crippen LogP contribution in [0.1, 0.15) is 25.2 Å². The van der Waals surface area contributed by atoms with Crippen LogP contribution in [0.2, 0.25) is 0 Å². The maximum atomic E-state index is 12.3. The predicted molar refractivity (Wildman–Crippen MR) is 52.0 cm³/mol. The van der Waals surface area contributed by atoms with Gasteiger partial charge in [0.05, 0.1) is 11.4 Å². The first kappa shape index (κ1) is 11.7. The molecule has 15 heavy (non-hydrogen) atoms. The molecule has 0 radical (unpaired) electrons. The third kappa shape index (κ3) is 3.04. The Morgan fingerprint density at radius 2 is 2.07 bits per heavy atom. The summed E-state index contributed by atoms with van der Waals surface area (Å²) in [4.78, 5) is 7.51. The second kappa shape index (κ2) is 4.42. The largest absolute Gasteiger partial charge is 0.433 e. The van der Waals surface area contributed by atoms with E-state index in [4.69, 9.17) is 0 Å². The minimum absolute atomic E-state index is 0.270. The summed E-state index contributed by atoms with van der Waals surface area (Å²) in [5.41, 5.74) is -0.0964. The molecule has 0 bridgehead atoms. The van der Waals surface area contributed by atoms with E-state index < -0.39 is 11.9 Å². The van der Waals surface area contributed by atoms with Gasteiger partial charge in [-0.05, 0) is 26.0 Å². The van der Waals surface area contributed by atoms with E-state index >= 15 is 0 Å². The van der Waals surface area contributed by atoms with Crippen molar-refractivity contribution in [2.24, 2.45) is 4.99 Å². The minimum atomic E-state index is -4.40. The molecule has 0 aliphatic carbocycles. The Labute approximate surface area is 85.9 Å². The number of rotatable bonds is 2. The summed E-state index contributed by atoms with van der Waals surface area (Å²) in [6.45, 7) is 3.99. The molecule has 0 aliphatic rings. The van der Waals surface area contributed by atoms with Crippen molar-refractivity contribution < 1.29 is 13.2 Å². The fraction of sp³-hybridized carbons (Fsp3) is 0.400. The second-order valence-electron chi connectivity index (χ2n) is 2.97. The Hall–Kier alpha value is -1.39. The minimum Gasteiger partial charge on any atom is -0.288 e. The molecule has 82 valence electrons. The number of alkyl halides is 3. The van der Waals surface area contributed by atoms with Gasteiger partial charge in [-0.15, -0.1) is 0 Å². The molecule has 0 aromatic carbocycles. The molecule has 0 fully saturated rings. The van der Waals surface area contributed by atoms with Gasteiger partial charge in [0.15, 0.2) is 0 Å². The molecule has 0 saturated heterocycles.